The van der Waals surface area contributed by atoms with Crippen molar-refractivity contribution in [3.8, 4) is 0 Å². The maximum atomic E-state index is 12.2. The zero-order valence-electron chi connectivity index (χ0n) is 11.1. The lowest BCUT2D eigenvalue weighted by atomic mass is 9.70. The van der Waals surface area contributed by atoms with Crippen LogP contribution in [0, 0.1) is 5.92 Å². The van der Waals surface area contributed by atoms with Gasteiger partial charge in [0.25, 0.3) is 0 Å². The van der Waals surface area contributed by atoms with Crippen LogP contribution in [0.25, 0.3) is 0 Å². The fourth-order valence-corrected chi connectivity index (χ4v) is 3.62. The van der Waals surface area contributed by atoms with Gasteiger partial charge in [-0.05, 0) is 57.9 Å². The van der Waals surface area contributed by atoms with Gasteiger partial charge in [0.15, 0.2) is 0 Å². The fourth-order valence-electron chi connectivity index (χ4n) is 3.62. The molecule has 0 bridgehead atoms. The molecule has 100 valence electrons. The maximum absolute atomic E-state index is 12.2. The van der Waals surface area contributed by atoms with Gasteiger partial charge in [-0.1, -0.05) is 12.2 Å². The topological polar surface area (TPSA) is 41.1 Å². The minimum Gasteiger partial charge on any atom is -0.353 e. The Morgan fingerprint density at radius 2 is 2.17 bits per heavy atom. The molecule has 1 aliphatic heterocycles. The van der Waals surface area contributed by atoms with Crippen LogP contribution in [0.1, 0.15) is 51.4 Å². The molecule has 3 heteroatoms. The van der Waals surface area contributed by atoms with Gasteiger partial charge in [-0.25, -0.2) is 0 Å². The smallest absolute Gasteiger partial charge is 0.223 e. The monoisotopic (exact) mass is 248 g/mol. The predicted molar refractivity (Wildman–Crippen MR) is 72.2 cm³/mol. The maximum Gasteiger partial charge on any atom is 0.223 e. The zero-order valence-corrected chi connectivity index (χ0v) is 11.1. The van der Waals surface area contributed by atoms with Gasteiger partial charge in [0.05, 0.1) is 0 Å². The molecule has 1 spiro atoms. The number of nitrogens with one attached hydrogen (secondary N) is 2. The summed E-state index contributed by atoms with van der Waals surface area (Å²) in [7, 11) is 0. The predicted octanol–water partition coefficient (Wildman–Crippen LogP) is 2.13. The standard InChI is InChI=1S/C15H24N2O/c18-14(12-5-2-1-3-6-12)17-13-7-10-16-15(11-13)8-4-9-15/h1-2,12-13,16H,3-11H2,(H,17,18). The molecular formula is C15H24N2O. The first-order chi connectivity index (χ1) is 8.77. The van der Waals surface area contributed by atoms with Gasteiger partial charge in [-0.2, -0.15) is 0 Å². The number of hydrogen-bond acceptors (Lipinski definition) is 2. The molecule has 1 amide bonds. The second-order valence-electron chi connectivity index (χ2n) is 6.24. The van der Waals surface area contributed by atoms with Gasteiger partial charge in [-0.15, -0.1) is 0 Å². The van der Waals surface area contributed by atoms with Gasteiger partial charge in [-0.3, -0.25) is 4.79 Å². The first-order valence-corrected chi connectivity index (χ1v) is 7.48. The fraction of sp³-hybridized carbons (Fsp3) is 0.800. The highest BCUT2D eigenvalue weighted by Gasteiger charge is 2.41. The van der Waals surface area contributed by atoms with Crippen LogP contribution in [-0.2, 0) is 4.79 Å². The van der Waals surface area contributed by atoms with Gasteiger partial charge in [0, 0.05) is 17.5 Å². The van der Waals surface area contributed by atoms with E-state index in [0.29, 0.717) is 17.5 Å². The van der Waals surface area contributed by atoms with Crippen molar-refractivity contribution in [2.24, 2.45) is 5.92 Å². The van der Waals surface area contributed by atoms with Crippen LogP contribution in [-0.4, -0.2) is 24.0 Å². The first kappa shape index (κ1) is 12.2. The average Bonchev–Trinajstić information content (AvgIpc) is 2.38. The summed E-state index contributed by atoms with van der Waals surface area (Å²) in [5.74, 6) is 0.517. The minimum atomic E-state index is 0.224. The molecule has 0 aromatic heterocycles. The molecule has 3 aliphatic rings. The number of carbonyl (C=O) groups excluding carboxylic acids is 1. The van der Waals surface area contributed by atoms with Gasteiger partial charge >= 0.3 is 0 Å². The Bertz CT molecular complexity index is 346. The molecule has 2 N–H and O–H groups in total. The Balaban J connectivity index is 1.52. The van der Waals surface area contributed by atoms with E-state index in [1.807, 2.05) is 0 Å². The molecule has 18 heavy (non-hydrogen) atoms. The Morgan fingerprint density at radius 1 is 1.28 bits per heavy atom. The normalized spacial score (nSPS) is 34.0. The third kappa shape index (κ3) is 2.46. The molecule has 3 rings (SSSR count). The lowest BCUT2D eigenvalue weighted by Gasteiger charge is -2.48. The average molecular weight is 248 g/mol. The summed E-state index contributed by atoms with van der Waals surface area (Å²) < 4.78 is 0. The quantitative estimate of drug-likeness (QED) is 0.735. The lowest BCUT2D eigenvalue weighted by Crippen LogP contribution is -2.60. The van der Waals surface area contributed by atoms with E-state index in [1.54, 1.807) is 0 Å². The number of rotatable bonds is 2. The highest BCUT2D eigenvalue weighted by atomic mass is 16.1. The van der Waals surface area contributed by atoms with E-state index in [2.05, 4.69) is 22.8 Å². The van der Waals surface area contributed by atoms with Crippen LogP contribution >= 0.6 is 0 Å². The number of hydrogen-bond donors (Lipinski definition) is 2. The number of allylic oxidation sites excluding steroid dienone is 2. The lowest BCUT2D eigenvalue weighted by molar-refractivity contribution is -0.126. The van der Waals surface area contributed by atoms with E-state index in [0.717, 1.165) is 38.6 Å². The van der Waals surface area contributed by atoms with Crippen molar-refractivity contribution < 1.29 is 4.79 Å². The van der Waals surface area contributed by atoms with E-state index >= 15 is 0 Å². The Morgan fingerprint density at radius 3 is 2.83 bits per heavy atom. The number of amides is 1. The van der Waals surface area contributed by atoms with Crippen LogP contribution in [0.5, 0.6) is 0 Å². The van der Waals surface area contributed by atoms with Crippen molar-refractivity contribution in [2.45, 2.75) is 62.9 Å². The summed E-state index contributed by atoms with van der Waals surface area (Å²) in [6.45, 7) is 1.06. The molecule has 0 aromatic carbocycles. The summed E-state index contributed by atoms with van der Waals surface area (Å²) in [4.78, 5) is 12.2. The second-order valence-corrected chi connectivity index (χ2v) is 6.24. The highest BCUT2D eigenvalue weighted by molar-refractivity contribution is 5.79. The van der Waals surface area contributed by atoms with Crippen molar-refractivity contribution in [1.82, 2.24) is 10.6 Å². The molecule has 2 atom stereocenters. The van der Waals surface area contributed by atoms with Crippen LogP contribution < -0.4 is 10.6 Å². The molecule has 0 aromatic rings. The van der Waals surface area contributed by atoms with Crippen molar-refractivity contribution in [3.63, 3.8) is 0 Å². The van der Waals surface area contributed by atoms with E-state index in [9.17, 15) is 4.79 Å². The third-order valence-electron chi connectivity index (χ3n) is 4.93. The molecule has 2 aliphatic carbocycles. The molecule has 1 saturated heterocycles. The van der Waals surface area contributed by atoms with Crippen LogP contribution in [0.4, 0.5) is 0 Å². The Labute approximate surface area is 109 Å². The Hall–Kier alpha value is -0.830. The van der Waals surface area contributed by atoms with E-state index in [-0.39, 0.29) is 5.92 Å². The molecule has 0 radical (unpaired) electrons. The van der Waals surface area contributed by atoms with Crippen molar-refractivity contribution in [2.75, 3.05) is 6.54 Å². The SMILES string of the molecule is O=C(NC1CCNC2(CCC2)C1)C1CC=CCC1. The summed E-state index contributed by atoms with van der Waals surface area (Å²) in [5, 5.41) is 6.95. The molecular weight excluding hydrogens is 224 g/mol. The summed E-state index contributed by atoms with van der Waals surface area (Å²) in [5.41, 5.74) is 0.378. The van der Waals surface area contributed by atoms with E-state index in [1.165, 1.54) is 19.3 Å². The summed E-state index contributed by atoms with van der Waals surface area (Å²) >= 11 is 0. The van der Waals surface area contributed by atoms with Gasteiger partial charge in [0.1, 0.15) is 0 Å². The molecule has 3 nitrogen and oxygen atoms in total. The number of carbonyl (C=O) groups is 1. The van der Waals surface area contributed by atoms with Crippen molar-refractivity contribution >= 4 is 5.91 Å². The molecule has 2 fully saturated rings. The zero-order chi connectivity index (χ0) is 12.4. The van der Waals surface area contributed by atoms with Gasteiger partial charge < -0.3 is 10.6 Å². The van der Waals surface area contributed by atoms with E-state index in [4.69, 9.17) is 0 Å². The molecule has 2 unspecified atom stereocenters. The van der Waals surface area contributed by atoms with Crippen LogP contribution in [0.15, 0.2) is 12.2 Å². The van der Waals surface area contributed by atoms with Crippen LogP contribution in [0.3, 0.4) is 0 Å². The number of piperidine rings is 1. The molecule has 1 saturated carbocycles. The summed E-state index contributed by atoms with van der Waals surface area (Å²) in [6, 6.07) is 0.407. The van der Waals surface area contributed by atoms with E-state index < -0.39 is 0 Å². The second kappa shape index (κ2) is 5.04. The Kier molecular flexibility index (Phi) is 3.42. The third-order valence-corrected chi connectivity index (χ3v) is 4.93. The molecule has 1 heterocycles. The highest BCUT2D eigenvalue weighted by Crippen LogP contribution is 2.38. The van der Waals surface area contributed by atoms with Gasteiger partial charge in [0.2, 0.25) is 5.91 Å². The largest absolute Gasteiger partial charge is 0.353 e. The minimum absolute atomic E-state index is 0.224. The van der Waals surface area contributed by atoms with Crippen molar-refractivity contribution in [3.05, 3.63) is 12.2 Å². The van der Waals surface area contributed by atoms with Crippen LogP contribution in [0.2, 0.25) is 0 Å². The summed E-state index contributed by atoms with van der Waals surface area (Å²) in [6.07, 6.45) is 13.5. The first-order valence-electron chi connectivity index (χ1n) is 7.48. The van der Waals surface area contributed by atoms with Crippen molar-refractivity contribution in [1.29, 1.82) is 0 Å².